The van der Waals surface area contributed by atoms with Gasteiger partial charge < -0.3 is 15.5 Å². The summed E-state index contributed by atoms with van der Waals surface area (Å²) < 4.78 is 0. The molecule has 0 heterocycles. The topological polar surface area (TPSA) is 139 Å². The molecule has 0 unspecified atom stereocenters. The van der Waals surface area contributed by atoms with Crippen LogP contribution in [0.5, 0.6) is 0 Å². The van der Waals surface area contributed by atoms with Gasteiger partial charge in [-0.3, -0.25) is 20.2 Å². The van der Waals surface area contributed by atoms with Crippen LogP contribution in [0.2, 0.25) is 0 Å². The van der Waals surface area contributed by atoms with Gasteiger partial charge in [0.05, 0.1) is 28.6 Å². The van der Waals surface area contributed by atoms with Crippen LogP contribution in [0.1, 0.15) is 0 Å². The largest absolute Gasteiger partial charge is 0.394 e. The Morgan fingerprint density at radius 3 is 2.44 bits per heavy atom. The van der Waals surface area contributed by atoms with E-state index in [1.165, 1.54) is 6.07 Å². The monoisotopic (exact) mass is 257 g/mol. The highest BCUT2D eigenvalue weighted by atomic mass is 16.6. The molecular formula is C9H11N3O6. The number of aliphatic hydroxyl groups excluding tert-OH is 2. The zero-order valence-electron chi connectivity index (χ0n) is 9.15. The van der Waals surface area contributed by atoms with E-state index in [9.17, 15) is 20.2 Å². The fourth-order valence-corrected chi connectivity index (χ4v) is 1.23. The van der Waals surface area contributed by atoms with Gasteiger partial charge in [-0.15, -0.1) is 0 Å². The lowest BCUT2D eigenvalue weighted by Gasteiger charge is -2.10. The number of hydrogen-bond donors (Lipinski definition) is 3. The van der Waals surface area contributed by atoms with Crippen molar-refractivity contribution in [3.8, 4) is 0 Å². The molecule has 1 aromatic carbocycles. The molecule has 0 aliphatic rings. The van der Waals surface area contributed by atoms with Crippen LogP contribution in [0, 0.1) is 20.2 Å². The number of anilines is 1. The second kappa shape index (κ2) is 5.89. The second-order valence-corrected chi connectivity index (χ2v) is 3.43. The smallest absolute Gasteiger partial charge is 0.299 e. The highest BCUT2D eigenvalue weighted by molar-refractivity contribution is 5.65. The minimum absolute atomic E-state index is 0.0399. The normalized spacial score (nSPS) is 11.9. The van der Waals surface area contributed by atoms with Gasteiger partial charge in [-0.25, -0.2) is 0 Å². The van der Waals surface area contributed by atoms with E-state index < -0.39 is 33.9 Å². The molecule has 1 aromatic rings. The summed E-state index contributed by atoms with van der Waals surface area (Å²) in [5, 5.41) is 41.5. The third-order valence-corrected chi connectivity index (χ3v) is 2.13. The molecule has 0 amide bonds. The van der Waals surface area contributed by atoms with Crippen molar-refractivity contribution in [3.63, 3.8) is 0 Å². The van der Waals surface area contributed by atoms with Gasteiger partial charge in [-0.2, -0.15) is 0 Å². The molecule has 0 aromatic heterocycles. The molecule has 9 nitrogen and oxygen atoms in total. The lowest BCUT2D eigenvalue weighted by molar-refractivity contribution is -0.393. The Morgan fingerprint density at radius 2 is 1.94 bits per heavy atom. The minimum Gasteiger partial charge on any atom is -0.394 e. The van der Waals surface area contributed by atoms with Crippen LogP contribution in [-0.4, -0.2) is 39.3 Å². The lowest BCUT2D eigenvalue weighted by Crippen LogP contribution is -2.23. The highest BCUT2D eigenvalue weighted by Crippen LogP contribution is 2.28. The average Bonchev–Trinajstić information content (AvgIpc) is 2.35. The van der Waals surface area contributed by atoms with E-state index in [0.29, 0.717) is 0 Å². The molecule has 0 aliphatic carbocycles. The number of nitrogens with zero attached hydrogens (tertiary/aromatic N) is 2. The van der Waals surface area contributed by atoms with Crippen molar-refractivity contribution in [2.45, 2.75) is 6.10 Å². The van der Waals surface area contributed by atoms with Gasteiger partial charge in [0.2, 0.25) is 0 Å². The molecule has 0 fully saturated rings. The van der Waals surface area contributed by atoms with E-state index in [4.69, 9.17) is 10.2 Å². The average molecular weight is 257 g/mol. The molecule has 98 valence electrons. The first-order valence-corrected chi connectivity index (χ1v) is 4.91. The fraction of sp³-hybridized carbons (Fsp3) is 0.333. The van der Waals surface area contributed by atoms with Crippen LogP contribution in [0.15, 0.2) is 18.2 Å². The molecule has 0 spiro atoms. The van der Waals surface area contributed by atoms with Crippen molar-refractivity contribution < 1.29 is 20.1 Å². The Bertz CT molecular complexity index is 464. The van der Waals surface area contributed by atoms with E-state index in [2.05, 4.69) is 5.32 Å². The molecule has 0 radical (unpaired) electrons. The standard InChI is InChI=1S/C9H11N3O6/c13-5-7(14)4-10-8-2-1-6(11(15)16)3-9(8)12(17)18/h1-3,7,10,13-14H,4-5H2/t7-/m1/s1. The number of nitrogens with one attached hydrogen (secondary N) is 1. The number of nitro groups is 2. The Hall–Kier alpha value is -2.26. The van der Waals surface area contributed by atoms with Gasteiger partial charge in [0.1, 0.15) is 5.69 Å². The summed E-state index contributed by atoms with van der Waals surface area (Å²) >= 11 is 0. The first kappa shape index (κ1) is 13.8. The third kappa shape index (κ3) is 3.37. The van der Waals surface area contributed by atoms with Crippen LogP contribution in [-0.2, 0) is 0 Å². The molecule has 1 atom stereocenters. The molecule has 0 bridgehead atoms. The van der Waals surface area contributed by atoms with Crippen LogP contribution in [0.4, 0.5) is 17.1 Å². The molecular weight excluding hydrogens is 246 g/mol. The Balaban J connectivity index is 2.97. The van der Waals surface area contributed by atoms with Crippen LogP contribution in [0.3, 0.4) is 0 Å². The van der Waals surface area contributed by atoms with E-state index in [1.807, 2.05) is 0 Å². The predicted octanol–water partition coefficient (Wildman–Crippen LogP) is 0.268. The predicted molar refractivity (Wildman–Crippen MR) is 61.3 cm³/mol. The molecule has 9 heteroatoms. The summed E-state index contributed by atoms with van der Waals surface area (Å²) in [6.45, 7) is -0.594. The van der Waals surface area contributed by atoms with Gasteiger partial charge in [-0.1, -0.05) is 0 Å². The van der Waals surface area contributed by atoms with Crippen molar-refractivity contribution in [1.82, 2.24) is 0 Å². The summed E-state index contributed by atoms with van der Waals surface area (Å²) in [6, 6.07) is 3.12. The van der Waals surface area contributed by atoms with Crippen LogP contribution < -0.4 is 5.32 Å². The maximum absolute atomic E-state index is 10.7. The van der Waals surface area contributed by atoms with E-state index in [-0.39, 0.29) is 12.2 Å². The number of nitro benzene ring substituents is 2. The number of aliphatic hydroxyl groups is 2. The zero-order valence-corrected chi connectivity index (χ0v) is 9.15. The fourth-order valence-electron chi connectivity index (χ4n) is 1.23. The van der Waals surface area contributed by atoms with Crippen molar-refractivity contribution in [3.05, 3.63) is 38.4 Å². The van der Waals surface area contributed by atoms with E-state index in [0.717, 1.165) is 12.1 Å². The van der Waals surface area contributed by atoms with Gasteiger partial charge >= 0.3 is 0 Å². The van der Waals surface area contributed by atoms with Crippen molar-refractivity contribution in [2.75, 3.05) is 18.5 Å². The molecule has 18 heavy (non-hydrogen) atoms. The quantitative estimate of drug-likeness (QED) is 0.490. The van der Waals surface area contributed by atoms with E-state index in [1.54, 1.807) is 0 Å². The SMILES string of the molecule is O=[N+]([O-])c1ccc(NC[C@@H](O)CO)c([N+](=O)[O-])c1. The van der Waals surface area contributed by atoms with Crippen LogP contribution in [0.25, 0.3) is 0 Å². The van der Waals surface area contributed by atoms with Crippen LogP contribution >= 0.6 is 0 Å². The Kier molecular flexibility index (Phi) is 4.52. The first-order valence-electron chi connectivity index (χ1n) is 4.91. The first-order chi connectivity index (χ1) is 8.45. The second-order valence-electron chi connectivity index (χ2n) is 3.43. The number of rotatable bonds is 6. The minimum atomic E-state index is -1.07. The van der Waals surface area contributed by atoms with Gasteiger partial charge in [0, 0.05) is 12.6 Å². The molecule has 0 saturated heterocycles. The maximum Gasteiger partial charge on any atom is 0.299 e. The summed E-state index contributed by atoms with van der Waals surface area (Å²) in [7, 11) is 0. The summed E-state index contributed by atoms with van der Waals surface area (Å²) in [5.74, 6) is 0. The molecule has 3 N–H and O–H groups in total. The zero-order chi connectivity index (χ0) is 13.7. The molecule has 0 aliphatic heterocycles. The Morgan fingerprint density at radius 1 is 1.28 bits per heavy atom. The van der Waals surface area contributed by atoms with Gasteiger partial charge in [0.25, 0.3) is 11.4 Å². The maximum atomic E-state index is 10.7. The summed E-state index contributed by atoms with van der Waals surface area (Å²) in [4.78, 5) is 19.7. The third-order valence-electron chi connectivity index (χ3n) is 2.13. The number of benzene rings is 1. The number of hydrogen-bond acceptors (Lipinski definition) is 7. The van der Waals surface area contributed by atoms with Crippen molar-refractivity contribution in [2.24, 2.45) is 0 Å². The Labute approximate surface area is 101 Å². The highest BCUT2D eigenvalue weighted by Gasteiger charge is 2.19. The summed E-state index contributed by atoms with van der Waals surface area (Å²) in [6.07, 6.45) is -1.07. The summed E-state index contributed by atoms with van der Waals surface area (Å²) in [5.41, 5.74) is -0.817. The van der Waals surface area contributed by atoms with Gasteiger partial charge in [-0.05, 0) is 6.07 Å². The molecule has 0 saturated carbocycles. The van der Waals surface area contributed by atoms with Crippen molar-refractivity contribution in [1.29, 1.82) is 0 Å². The molecule has 1 rings (SSSR count). The van der Waals surface area contributed by atoms with E-state index >= 15 is 0 Å². The lowest BCUT2D eigenvalue weighted by atomic mass is 10.2. The van der Waals surface area contributed by atoms with Gasteiger partial charge in [0.15, 0.2) is 0 Å². The number of non-ortho nitro benzene ring substituents is 1. The van der Waals surface area contributed by atoms with Crippen molar-refractivity contribution >= 4 is 17.1 Å².